The van der Waals surface area contributed by atoms with E-state index in [1.54, 1.807) is 60.7 Å². The van der Waals surface area contributed by atoms with E-state index < -0.39 is 28.0 Å². The zero-order valence-corrected chi connectivity index (χ0v) is 25.2. The summed E-state index contributed by atoms with van der Waals surface area (Å²) in [5.74, 6) is -1.97. The lowest BCUT2D eigenvalue weighted by Gasteiger charge is -2.22. The van der Waals surface area contributed by atoms with Gasteiger partial charge < -0.3 is 14.8 Å². The molecule has 12 heteroatoms. The van der Waals surface area contributed by atoms with Crippen molar-refractivity contribution in [3.8, 4) is 0 Å². The predicted octanol–water partition coefficient (Wildman–Crippen LogP) is 5.61. The third-order valence-electron chi connectivity index (χ3n) is 6.59. The van der Waals surface area contributed by atoms with Crippen LogP contribution in [0.1, 0.15) is 49.1 Å². The third-order valence-corrected chi connectivity index (χ3v) is 7.46. The molecule has 230 valence electrons. The van der Waals surface area contributed by atoms with Crippen LogP contribution < -0.4 is 10.2 Å². The highest BCUT2D eigenvalue weighted by atomic mass is 32.2. The van der Waals surface area contributed by atoms with Crippen molar-refractivity contribution in [3.05, 3.63) is 119 Å². The lowest BCUT2D eigenvalue weighted by molar-refractivity contribution is -0.115. The minimum Gasteiger partial charge on any atom is -0.465 e. The number of rotatable bonds is 9. The standard InChI is InChI=1S/C33H28N2O9S/c1-21(36)35(27-15-11-25(12-16-27)32(38)43-2)26-13-9-24(10-14-26)31(37)34-30-19-8-23(20-29(30)33(39)44-3)5-4-22-6-17-28(18-7-22)45(40,41)42/h4-20H,1-3H3,(H,34,37)(H,40,41,42). The average molecular weight is 629 g/mol. The molecule has 0 spiro atoms. The molecule has 0 saturated carbocycles. The summed E-state index contributed by atoms with van der Waals surface area (Å²) in [7, 11) is -1.81. The number of amides is 2. The van der Waals surface area contributed by atoms with Gasteiger partial charge in [-0.1, -0.05) is 30.4 Å². The molecule has 0 bridgehead atoms. The maximum absolute atomic E-state index is 13.1. The fourth-order valence-electron chi connectivity index (χ4n) is 4.33. The van der Waals surface area contributed by atoms with Crippen molar-refractivity contribution in [2.24, 2.45) is 0 Å². The second-order valence-electron chi connectivity index (χ2n) is 9.57. The van der Waals surface area contributed by atoms with Gasteiger partial charge in [0.05, 0.1) is 35.9 Å². The molecule has 0 aliphatic rings. The summed E-state index contributed by atoms with van der Waals surface area (Å²) in [5.41, 5.74) is 3.15. The Kier molecular flexibility index (Phi) is 9.91. The second kappa shape index (κ2) is 13.8. The van der Waals surface area contributed by atoms with Crippen LogP contribution in [0.5, 0.6) is 0 Å². The number of ether oxygens (including phenoxy) is 2. The highest BCUT2D eigenvalue weighted by Gasteiger charge is 2.18. The minimum atomic E-state index is -4.30. The van der Waals surface area contributed by atoms with E-state index in [1.165, 1.54) is 68.5 Å². The Hall–Kier alpha value is -5.59. The number of hydrogen-bond donors (Lipinski definition) is 2. The lowest BCUT2D eigenvalue weighted by Crippen LogP contribution is -2.23. The molecule has 2 amide bonds. The van der Waals surface area contributed by atoms with Crippen LogP contribution in [0, 0.1) is 0 Å². The second-order valence-corrected chi connectivity index (χ2v) is 11.0. The first-order chi connectivity index (χ1) is 21.4. The van der Waals surface area contributed by atoms with Crippen molar-refractivity contribution in [1.82, 2.24) is 0 Å². The van der Waals surface area contributed by atoms with Gasteiger partial charge in [0.25, 0.3) is 16.0 Å². The fraction of sp³-hybridized carbons (Fsp3) is 0.0909. The number of nitrogens with one attached hydrogen (secondary N) is 1. The quantitative estimate of drug-likeness (QED) is 0.137. The van der Waals surface area contributed by atoms with Gasteiger partial charge in [-0.15, -0.1) is 0 Å². The van der Waals surface area contributed by atoms with Crippen LogP contribution in [0.15, 0.2) is 95.9 Å². The van der Waals surface area contributed by atoms with Gasteiger partial charge in [0, 0.05) is 23.9 Å². The number of esters is 2. The molecule has 45 heavy (non-hydrogen) atoms. The predicted molar refractivity (Wildman–Crippen MR) is 168 cm³/mol. The first-order valence-corrected chi connectivity index (χ1v) is 14.7. The van der Waals surface area contributed by atoms with Gasteiger partial charge in [0.15, 0.2) is 0 Å². The van der Waals surface area contributed by atoms with E-state index >= 15 is 0 Å². The van der Waals surface area contributed by atoms with Gasteiger partial charge in [0.2, 0.25) is 5.91 Å². The lowest BCUT2D eigenvalue weighted by atomic mass is 10.1. The van der Waals surface area contributed by atoms with E-state index in [0.717, 1.165) is 0 Å². The average Bonchev–Trinajstić information content (AvgIpc) is 3.03. The Morgan fingerprint density at radius 3 is 1.73 bits per heavy atom. The molecule has 0 atom stereocenters. The first kappa shape index (κ1) is 32.3. The molecule has 0 unspecified atom stereocenters. The van der Waals surface area contributed by atoms with E-state index in [9.17, 15) is 27.6 Å². The van der Waals surface area contributed by atoms with Gasteiger partial charge in [0.1, 0.15) is 0 Å². The number of nitrogens with zero attached hydrogens (tertiary/aromatic N) is 1. The summed E-state index contributed by atoms with van der Waals surface area (Å²) < 4.78 is 41.2. The van der Waals surface area contributed by atoms with Crippen molar-refractivity contribution in [3.63, 3.8) is 0 Å². The normalized spacial score (nSPS) is 11.1. The SMILES string of the molecule is COC(=O)c1ccc(N(C(C)=O)c2ccc(C(=O)Nc3ccc(C=Cc4ccc(S(=O)(=O)O)cc4)cc3C(=O)OC)cc2)cc1. The van der Waals surface area contributed by atoms with Crippen molar-refractivity contribution >= 4 is 63.1 Å². The zero-order valence-electron chi connectivity index (χ0n) is 24.4. The third kappa shape index (κ3) is 7.88. The molecule has 0 saturated heterocycles. The van der Waals surface area contributed by atoms with E-state index in [1.807, 2.05) is 0 Å². The molecule has 4 aromatic carbocycles. The fourth-order valence-corrected chi connectivity index (χ4v) is 4.81. The Labute approximate surface area is 259 Å². The van der Waals surface area contributed by atoms with Gasteiger partial charge in [-0.2, -0.15) is 8.42 Å². The molecule has 0 aliphatic heterocycles. The van der Waals surface area contributed by atoms with Gasteiger partial charge in [-0.3, -0.25) is 19.0 Å². The molecular weight excluding hydrogens is 600 g/mol. The smallest absolute Gasteiger partial charge is 0.339 e. The molecule has 2 N–H and O–H groups in total. The van der Waals surface area contributed by atoms with E-state index in [-0.39, 0.29) is 27.6 Å². The molecule has 4 aromatic rings. The van der Waals surface area contributed by atoms with Crippen LogP contribution in [-0.2, 0) is 24.4 Å². The summed E-state index contributed by atoms with van der Waals surface area (Å²) in [5, 5.41) is 2.72. The van der Waals surface area contributed by atoms with Crippen molar-refractivity contribution in [2.45, 2.75) is 11.8 Å². The number of hydrogen-bond acceptors (Lipinski definition) is 8. The van der Waals surface area contributed by atoms with Crippen molar-refractivity contribution < 1.29 is 41.6 Å². The minimum absolute atomic E-state index is 0.101. The van der Waals surface area contributed by atoms with Crippen LogP contribution >= 0.6 is 0 Å². The number of anilines is 3. The Morgan fingerprint density at radius 1 is 0.711 bits per heavy atom. The highest BCUT2D eigenvalue weighted by molar-refractivity contribution is 7.85. The van der Waals surface area contributed by atoms with Crippen LogP contribution in [0.2, 0.25) is 0 Å². The summed E-state index contributed by atoms with van der Waals surface area (Å²) in [6, 6.07) is 22.9. The maximum Gasteiger partial charge on any atom is 0.339 e. The van der Waals surface area contributed by atoms with Crippen LogP contribution in [0.4, 0.5) is 17.1 Å². The van der Waals surface area contributed by atoms with E-state index in [2.05, 4.69) is 5.32 Å². The molecule has 4 rings (SSSR count). The van der Waals surface area contributed by atoms with E-state index in [4.69, 9.17) is 14.0 Å². The Morgan fingerprint density at radius 2 is 1.22 bits per heavy atom. The summed E-state index contributed by atoms with van der Waals surface area (Å²) in [6.45, 7) is 1.39. The van der Waals surface area contributed by atoms with Gasteiger partial charge in [-0.25, -0.2) is 9.59 Å². The van der Waals surface area contributed by atoms with E-state index in [0.29, 0.717) is 28.1 Å². The topological polar surface area (TPSA) is 156 Å². The molecule has 0 aromatic heterocycles. The maximum atomic E-state index is 13.1. The van der Waals surface area contributed by atoms with Gasteiger partial charge >= 0.3 is 11.9 Å². The molecule has 0 fully saturated rings. The van der Waals surface area contributed by atoms with Crippen LogP contribution in [-0.4, -0.2) is 50.9 Å². The molecule has 11 nitrogen and oxygen atoms in total. The zero-order chi connectivity index (χ0) is 32.7. The van der Waals surface area contributed by atoms with Crippen LogP contribution in [0.25, 0.3) is 12.2 Å². The molecule has 0 aliphatic carbocycles. The number of carbonyl (C=O) groups is 4. The first-order valence-electron chi connectivity index (χ1n) is 13.3. The Bertz CT molecular complexity index is 1880. The Balaban J connectivity index is 1.52. The highest BCUT2D eigenvalue weighted by Crippen LogP contribution is 2.27. The monoisotopic (exact) mass is 628 g/mol. The molecule has 0 radical (unpaired) electrons. The summed E-state index contributed by atoms with van der Waals surface area (Å²) in [4.78, 5) is 51.1. The molecular formula is C33H28N2O9S. The number of carbonyl (C=O) groups excluding carboxylic acids is 4. The van der Waals surface area contributed by atoms with Crippen molar-refractivity contribution in [1.29, 1.82) is 0 Å². The summed E-state index contributed by atoms with van der Waals surface area (Å²) >= 11 is 0. The largest absolute Gasteiger partial charge is 0.465 e. The van der Waals surface area contributed by atoms with Crippen LogP contribution in [0.3, 0.4) is 0 Å². The number of benzene rings is 4. The molecule has 0 heterocycles. The van der Waals surface area contributed by atoms with Crippen molar-refractivity contribution in [2.75, 3.05) is 24.4 Å². The summed E-state index contributed by atoms with van der Waals surface area (Å²) in [6.07, 6.45) is 3.37. The van der Waals surface area contributed by atoms with Gasteiger partial charge in [-0.05, 0) is 83.9 Å². The number of methoxy groups -OCH3 is 2.